The number of hydrogen-bond donors (Lipinski definition) is 1. The second kappa shape index (κ2) is 8.06. The van der Waals surface area contributed by atoms with Gasteiger partial charge in [-0.05, 0) is 63.5 Å². The molecule has 0 atom stereocenters. The van der Waals surface area contributed by atoms with Gasteiger partial charge in [0, 0.05) is 24.2 Å². The summed E-state index contributed by atoms with van der Waals surface area (Å²) < 4.78 is 1.74. The van der Waals surface area contributed by atoms with E-state index in [1.165, 1.54) is 0 Å². The topological polar surface area (TPSA) is 75.9 Å². The van der Waals surface area contributed by atoms with Gasteiger partial charge in [-0.1, -0.05) is 18.2 Å². The van der Waals surface area contributed by atoms with Crippen LogP contribution in [0, 0.1) is 6.92 Å². The number of carbonyl (C=O) groups is 1. The average Bonchev–Trinajstić information content (AvgIpc) is 3.13. The molecule has 1 aliphatic rings. The average molecular weight is 378 g/mol. The molecule has 0 unspecified atom stereocenters. The van der Waals surface area contributed by atoms with Crippen molar-refractivity contribution in [1.82, 2.24) is 30.2 Å². The first-order chi connectivity index (χ1) is 13.7. The Morgan fingerprint density at radius 2 is 2.11 bits per heavy atom. The number of pyridine rings is 1. The summed E-state index contributed by atoms with van der Waals surface area (Å²) in [5.41, 5.74) is 3.02. The van der Waals surface area contributed by atoms with Gasteiger partial charge in [0.1, 0.15) is 0 Å². The smallest absolute Gasteiger partial charge is 0.276 e. The number of carbonyl (C=O) groups excluding carboxylic acids is 1. The van der Waals surface area contributed by atoms with Crippen LogP contribution in [0.5, 0.6) is 0 Å². The molecule has 146 valence electrons. The Kier molecular flexibility index (Phi) is 5.34. The molecular weight excluding hydrogens is 352 g/mol. The van der Waals surface area contributed by atoms with E-state index in [0.717, 1.165) is 61.2 Å². The molecule has 3 heterocycles. The Labute approximate surface area is 164 Å². The minimum atomic E-state index is -0.0139. The van der Waals surface area contributed by atoms with Crippen LogP contribution < -0.4 is 5.32 Å². The molecule has 0 saturated carbocycles. The highest BCUT2D eigenvalue weighted by Crippen LogP contribution is 2.21. The lowest BCUT2D eigenvalue weighted by Crippen LogP contribution is -2.46. The number of rotatable bonds is 5. The maximum Gasteiger partial charge on any atom is 0.276 e. The molecule has 28 heavy (non-hydrogen) atoms. The van der Waals surface area contributed by atoms with Crippen molar-refractivity contribution in [3.8, 4) is 5.69 Å². The first-order valence-electron chi connectivity index (χ1n) is 9.98. The van der Waals surface area contributed by atoms with Gasteiger partial charge >= 0.3 is 0 Å². The first kappa shape index (κ1) is 18.6. The van der Waals surface area contributed by atoms with E-state index in [-0.39, 0.29) is 11.9 Å². The van der Waals surface area contributed by atoms with Crippen LogP contribution in [0.1, 0.15) is 42.4 Å². The van der Waals surface area contributed by atoms with Gasteiger partial charge in [0.2, 0.25) is 0 Å². The van der Waals surface area contributed by atoms with Gasteiger partial charge in [0.15, 0.2) is 5.69 Å². The molecule has 4 rings (SSSR count). The van der Waals surface area contributed by atoms with Gasteiger partial charge < -0.3 is 10.2 Å². The Balaban J connectivity index is 1.65. The predicted octanol–water partition coefficient (Wildman–Crippen LogP) is 2.73. The highest BCUT2D eigenvalue weighted by Gasteiger charge is 2.29. The van der Waals surface area contributed by atoms with E-state index in [1.807, 2.05) is 42.2 Å². The number of piperidine rings is 1. The molecule has 1 amide bonds. The Hall–Kier alpha value is -2.80. The van der Waals surface area contributed by atoms with Crippen molar-refractivity contribution in [3.63, 3.8) is 0 Å². The molecule has 0 radical (unpaired) electrons. The van der Waals surface area contributed by atoms with E-state index in [9.17, 15) is 4.79 Å². The third kappa shape index (κ3) is 3.49. The van der Waals surface area contributed by atoms with Gasteiger partial charge in [0.05, 0.1) is 16.9 Å². The zero-order valence-corrected chi connectivity index (χ0v) is 16.4. The van der Waals surface area contributed by atoms with E-state index in [2.05, 4.69) is 27.5 Å². The monoisotopic (exact) mass is 378 g/mol. The molecule has 1 saturated heterocycles. The van der Waals surface area contributed by atoms with Crippen LogP contribution in [-0.4, -0.2) is 56.5 Å². The number of nitrogens with one attached hydrogen (secondary N) is 1. The molecule has 1 fully saturated rings. The molecule has 1 aliphatic heterocycles. The summed E-state index contributed by atoms with van der Waals surface area (Å²) in [5.74, 6) is -0.0139. The summed E-state index contributed by atoms with van der Waals surface area (Å²) in [4.78, 5) is 19.6. The molecule has 2 aromatic heterocycles. The molecule has 1 N–H and O–H groups in total. The quantitative estimate of drug-likeness (QED) is 0.739. The summed E-state index contributed by atoms with van der Waals surface area (Å²) in [7, 11) is 0. The molecule has 0 spiro atoms. The lowest BCUT2D eigenvalue weighted by molar-refractivity contribution is 0.0635. The number of nitrogens with zero attached hydrogens (tertiary/aromatic N) is 5. The van der Waals surface area contributed by atoms with Crippen LogP contribution in [0.4, 0.5) is 0 Å². The van der Waals surface area contributed by atoms with Crippen molar-refractivity contribution >= 4 is 16.8 Å². The fraction of sp³-hybridized carbons (Fsp3) is 0.429. The highest BCUT2D eigenvalue weighted by atomic mass is 16.2. The lowest BCUT2D eigenvalue weighted by Gasteiger charge is -2.34. The van der Waals surface area contributed by atoms with E-state index < -0.39 is 0 Å². The summed E-state index contributed by atoms with van der Waals surface area (Å²) in [6.45, 7) is 6.67. The van der Waals surface area contributed by atoms with Crippen molar-refractivity contribution in [2.45, 2.75) is 39.2 Å². The van der Waals surface area contributed by atoms with Crippen molar-refractivity contribution < 1.29 is 4.79 Å². The second-order valence-electron chi connectivity index (χ2n) is 7.30. The van der Waals surface area contributed by atoms with Gasteiger partial charge in [0.25, 0.3) is 5.91 Å². The molecule has 7 heteroatoms. The van der Waals surface area contributed by atoms with Crippen LogP contribution in [0.25, 0.3) is 16.6 Å². The van der Waals surface area contributed by atoms with Crippen LogP contribution in [0.15, 0.2) is 36.5 Å². The van der Waals surface area contributed by atoms with Crippen LogP contribution in [0.2, 0.25) is 0 Å². The summed E-state index contributed by atoms with van der Waals surface area (Å²) >= 11 is 0. The maximum atomic E-state index is 13.3. The van der Waals surface area contributed by atoms with Crippen molar-refractivity contribution in [2.75, 3.05) is 19.6 Å². The molecule has 0 aliphatic carbocycles. The normalized spacial score (nSPS) is 15.1. The Morgan fingerprint density at radius 1 is 1.29 bits per heavy atom. The fourth-order valence-corrected chi connectivity index (χ4v) is 3.91. The van der Waals surface area contributed by atoms with Crippen LogP contribution in [0.3, 0.4) is 0 Å². The summed E-state index contributed by atoms with van der Waals surface area (Å²) in [6, 6.07) is 10.1. The third-order valence-corrected chi connectivity index (χ3v) is 5.40. The maximum absolute atomic E-state index is 13.3. The second-order valence-corrected chi connectivity index (χ2v) is 7.30. The highest BCUT2D eigenvalue weighted by molar-refractivity contribution is 5.93. The van der Waals surface area contributed by atoms with Crippen LogP contribution >= 0.6 is 0 Å². The minimum absolute atomic E-state index is 0.0139. The van der Waals surface area contributed by atoms with Gasteiger partial charge in [-0.25, -0.2) is 4.68 Å². The van der Waals surface area contributed by atoms with E-state index in [1.54, 1.807) is 10.9 Å². The van der Waals surface area contributed by atoms with Gasteiger partial charge in [-0.3, -0.25) is 9.78 Å². The first-order valence-corrected chi connectivity index (χ1v) is 9.98. The zero-order valence-electron chi connectivity index (χ0n) is 16.4. The van der Waals surface area contributed by atoms with Crippen molar-refractivity contribution in [2.24, 2.45) is 0 Å². The molecule has 0 bridgehead atoms. The number of hydrogen-bond acceptors (Lipinski definition) is 5. The van der Waals surface area contributed by atoms with Gasteiger partial charge in [-0.15, -0.1) is 5.10 Å². The largest absolute Gasteiger partial charge is 0.334 e. The number of aromatic nitrogens is 4. The summed E-state index contributed by atoms with van der Waals surface area (Å²) in [5, 5.41) is 12.9. The standard InChI is InChI=1S/C21H26N6O/c1-3-13-26(17-8-11-22-12-9-17)21(28)20-15(2)27(25-24-20)18-6-7-19-16(14-18)5-4-10-23-19/h4-7,10,14,17,22H,3,8-9,11-13H2,1-2H3. The lowest BCUT2D eigenvalue weighted by atomic mass is 10.0. The molecule has 3 aromatic rings. The zero-order chi connectivity index (χ0) is 19.5. The number of amides is 1. The van der Waals surface area contributed by atoms with Gasteiger partial charge in [-0.2, -0.15) is 0 Å². The summed E-state index contributed by atoms with van der Waals surface area (Å²) in [6.07, 6.45) is 4.68. The van der Waals surface area contributed by atoms with Crippen molar-refractivity contribution in [1.29, 1.82) is 0 Å². The third-order valence-electron chi connectivity index (χ3n) is 5.40. The number of benzene rings is 1. The fourth-order valence-electron chi connectivity index (χ4n) is 3.91. The Morgan fingerprint density at radius 3 is 2.89 bits per heavy atom. The number of fused-ring (bicyclic) bond motifs is 1. The molecule has 7 nitrogen and oxygen atoms in total. The molecule has 1 aromatic carbocycles. The molecular formula is C21H26N6O. The predicted molar refractivity (Wildman–Crippen MR) is 109 cm³/mol. The SMILES string of the molecule is CCCN(C(=O)c1nnn(-c2ccc3ncccc3c2)c1C)C1CCNCC1. The Bertz CT molecular complexity index is 976. The van der Waals surface area contributed by atoms with Crippen LogP contribution in [-0.2, 0) is 0 Å². The minimum Gasteiger partial charge on any atom is -0.334 e. The van der Waals surface area contributed by atoms with Crippen molar-refractivity contribution in [3.05, 3.63) is 47.9 Å². The van der Waals surface area contributed by atoms with E-state index in [0.29, 0.717) is 5.69 Å². The van der Waals surface area contributed by atoms with E-state index >= 15 is 0 Å². The van der Waals surface area contributed by atoms with E-state index in [4.69, 9.17) is 0 Å².